The highest BCUT2D eigenvalue weighted by molar-refractivity contribution is 6.34. The molecule has 0 aliphatic carbocycles. The largest absolute Gasteiger partial charge is 0.469 e. The molecule has 8 heteroatoms. The van der Waals surface area contributed by atoms with Crippen molar-refractivity contribution in [3.05, 3.63) is 100 Å². The maximum Gasteiger partial charge on any atom is 0.215 e. The van der Waals surface area contributed by atoms with Crippen LogP contribution in [0.5, 0.6) is 5.88 Å². The van der Waals surface area contributed by atoms with Crippen LogP contribution in [0.2, 0.25) is 10.0 Å². The molecule has 0 amide bonds. The summed E-state index contributed by atoms with van der Waals surface area (Å²) in [6.07, 6.45) is 8.15. The molecule has 3 heterocycles. The molecule has 0 aliphatic rings. The molecule has 31 heavy (non-hydrogen) atoms. The monoisotopic (exact) mass is 453 g/mol. The van der Waals surface area contributed by atoms with Crippen molar-refractivity contribution in [1.82, 2.24) is 19.5 Å². The molecule has 1 N–H and O–H groups in total. The molecule has 1 aromatic carbocycles. The van der Waals surface area contributed by atoms with Crippen LogP contribution >= 0.6 is 23.2 Å². The van der Waals surface area contributed by atoms with E-state index in [1.54, 1.807) is 18.5 Å². The van der Waals surface area contributed by atoms with Crippen LogP contribution in [0.25, 0.3) is 0 Å². The Morgan fingerprint density at radius 1 is 0.968 bits per heavy atom. The summed E-state index contributed by atoms with van der Waals surface area (Å²) in [4.78, 5) is 13.1. The minimum absolute atomic E-state index is 0.299. The Bertz CT molecular complexity index is 1110. The zero-order chi connectivity index (χ0) is 21.5. The summed E-state index contributed by atoms with van der Waals surface area (Å²) in [6.45, 7) is 1.66. The molecule has 6 nitrogen and oxygen atoms in total. The molecule has 3 aromatic heterocycles. The van der Waals surface area contributed by atoms with E-state index in [0.717, 1.165) is 30.2 Å². The fourth-order valence-electron chi connectivity index (χ4n) is 3.14. The van der Waals surface area contributed by atoms with E-state index in [4.69, 9.17) is 27.9 Å². The number of anilines is 1. The van der Waals surface area contributed by atoms with Crippen molar-refractivity contribution in [3.63, 3.8) is 0 Å². The smallest absolute Gasteiger partial charge is 0.215 e. The van der Waals surface area contributed by atoms with Crippen molar-refractivity contribution in [1.29, 1.82) is 0 Å². The van der Waals surface area contributed by atoms with Crippen molar-refractivity contribution in [2.75, 3.05) is 11.9 Å². The number of pyridine rings is 2. The molecule has 0 saturated heterocycles. The predicted molar refractivity (Wildman–Crippen MR) is 123 cm³/mol. The van der Waals surface area contributed by atoms with Crippen LogP contribution < -0.4 is 10.1 Å². The number of hydrogen-bond acceptors (Lipinski definition) is 5. The van der Waals surface area contributed by atoms with Gasteiger partial charge in [0, 0.05) is 54.0 Å². The van der Waals surface area contributed by atoms with Crippen LogP contribution in [0.15, 0.2) is 73.3 Å². The number of nitrogens with zero attached hydrogens (tertiary/aromatic N) is 4. The van der Waals surface area contributed by atoms with E-state index in [1.165, 1.54) is 5.56 Å². The number of benzene rings is 1. The second-order valence-electron chi connectivity index (χ2n) is 6.94. The first-order valence-corrected chi connectivity index (χ1v) is 10.6. The first-order chi connectivity index (χ1) is 15.2. The molecule has 0 fully saturated rings. The van der Waals surface area contributed by atoms with Crippen LogP contribution in [0.4, 0.5) is 5.82 Å². The molecule has 0 atom stereocenters. The quantitative estimate of drug-likeness (QED) is 0.374. The van der Waals surface area contributed by atoms with E-state index in [2.05, 4.69) is 26.3 Å². The average Bonchev–Trinajstić information content (AvgIpc) is 3.19. The standard InChI is InChI=1S/C23H21Cl2N5O/c24-19-11-18(12-20(25)13-19)15-30-10-9-28-22(30)16-31-23-5-1-4-21(29-23)27-8-6-17-3-2-7-26-14-17/h1-5,7,9-14H,6,8,15-16H2,(H,27,29). The van der Waals surface area contributed by atoms with Crippen molar-refractivity contribution in [2.45, 2.75) is 19.6 Å². The Labute approximate surface area is 190 Å². The topological polar surface area (TPSA) is 64.9 Å². The van der Waals surface area contributed by atoms with Crippen LogP contribution in [0.3, 0.4) is 0 Å². The summed E-state index contributed by atoms with van der Waals surface area (Å²) in [5.41, 5.74) is 2.17. The van der Waals surface area contributed by atoms with E-state index in [9.17, 15) is 0 Å². The lowest BCUT2D eigenvalue weighted by Gasteiger charge is -2.11. The lowest BCUT2D eigenvalue weighted by atomic mass is 10.2. The molecule has 0 aliphatic heterocycles. The molecule has 0 saturated carbocycles. The van der Waals surface area contributed by atoms with E-state index < -0.39 is 0 Å². The van der Waals surface area contributed by atoms with Gasteiger partial charge in [0.25, 0.3) is 0 Å². The minimum atomic E-state index is 0.299. The van der Waals surface area contributed by atoms with Gasteiger partial charge in [0.2, 0.25) is 5.88 Å². The summed E-state index contributed by atoms with van der Waals surface area (Å²) >= 11 is 12.2. The molecular formula is C23H21Cl2N5O. The number of imidazole rings is 1. The molecule has 0 unspecified atom stereocenters. The van der Waals surface area contributed by atoms with Crippen LogP contribution in [0.1, 0.15) is 17.0 Å². The van der Waals surface area contributed by atoms with Gasteiger partial charge in [-0.1, -0.05) is 35.3 Å². The summed E-state index contributed by atoms with van der Waals surface area (Å²) in [5.74, 6) is 2.08. The first kappa shape index (κ1) is 21.2. The normalized spacial score (nSPS) is 10.8. The van der Waals surface area contributed by atoms with Gasteiger partial charge in [-0.25, -0.2) is 4.98 Å². The third-order valence-electron chi connectivity index (χ3n) is 4.59. The van der Waals surface area contributed by atoms with E-state index in [-0.39, 0.29) is 0 Å². The van der Waals surface area contributed by atoms with Gasteiger partial charge in [-0.2, -0.15) is 4.98 Å². The maximum atomic E-state index is 6.11. The summed E-state index contributed by atoms with van der Waals surface area (Å²) in [7, 11) is 0. The lowest BCUT2D eigenvalue weighted by molar-refractivity contribution is 0.279. The molecule has 0 spiro atoms. The zero-order valence-corrected chi connectivity index (χ0v) is 18.2. The fourth-order valence-corrected chi connectivity index (χ4v) is 3.71. The average molecular weight is 454 g/mol. The van der Waals surface area contributed by atoms with Crippen LogP contribution in [0, 0.1) is 0 Å². The Kier molecular flexibility index (Phi) is 7.02. The molecule has 0 bridgehead atoms. The summed E-state index contributed by atoms with van der Waals surface area (Å²) in [5, 5.41) is 4.53. The van der Waals surface area contributed by atoms with Crippen LogP contribution in [-0.2, 0) is 19.6 Å². The summed E-state index contributed by atoms with van der Waals surface area (Å²) in [6, 6.07) is 15.1. The van der Waals surface area contributed by atoms with Gasteiger partial charge in [-0.05, 0) is 47.9 Å². The third-order valence-corrected chi connectivity index (χ3v) is 5.03. The molecule has 4 aromatic rings. The molecular weight excluding hydrogens is 433 g/mol. The summed E-state index contributed by atoms with van der Waals surface area (Å²) < 4.78 is 7.88. The number of hydrogen-bond donors (Lipinski definition) is 1. The lowest BCUT2D eigenvalue weighted by Crippen LogP contribution is -2.09. The van der Waals surface area contributed by atoms with Crippen LogP contribution in [-0.4, -0.2) is 26.1 Å². The highest BCUT2D eigenvalue weighted by atomic mass is 35.5. The molecule has 0 radical (unpaired) electrons. The van der Waals surface area contributed by atoms with Crippen molar-refractivity contribution >= 4 is 29.0 Å². The van der Waals surface area contributed by atoms with E-state index in [1.807, 2.05) is 53.4 Å². The Morgan fingerprint density at radius 2 is 1.84 bits per heavy atom. The Morgan fingerprint density at radius 3 is 2.65 bits per heavy atom. The van der Waals surface area contributed by atoms with Gasteiger partial charge in [0.1, 0.15) is 18.2 Å². The predicted octanol–water partition coefficient (Wildman–Crippen LogP) is 5.26. The van der Waals surface area contributed by atoms with Gasteiger partial charge in [-0.3, -0.25) is 4.98 Å². The van der Waals surface area contributed by atoms with E-state index in [0.29, 0.717) is 29.1 Å². The first-order valence-electron chi connectivity index (χ1n) is 9.83. The number of rotatable bonds is 9. The van der Waals surface area contributed by atoms with Crippen molar-refractivity contribution in [3.8, 4) is 5.88 Å². The van der Waals surface area contributed by atoms with Gasteiger partial charge in [-0.15, -0.1) is 0 Å². The Balaban J connectivity index is 1.33. The van der Waals surface area contributed by atoms with Crippen molar-refractivity contribution < 1.29 is 4.74 Å². The number of ether oxygens (including phenoxy) is 1. The third kappa shape index (κ3) is 6.20. The second-order valence-corrected chi connectivity index (χ2v) is 7.81. The molecule has 4 rings (SSSR count). The van der Waals surface area contributed by atoms with Gasteiger partial charge in [0.05, 0.1) is 0 Å². The SMILES string of the molecule is Clc1cc(Cl)cc(Cn2ccnc2COc2cccc(NCCc3cccnc3)n2)c1. The van der Waals surface area contributed by atoms with Gasteiger partial charge < -0.3 is 14.6 Å². The fraction of sp³-hybridized carbons (Fsp3) is 0.174. The number of halogens is 2. The molecule has 158 valence electrons. The zero-order valence-electron chi connectivity index (χ0n) is 16.7. The maximum absolute atomic E-state index is 6.11. The van der Waals surface area contributed by atoms with Gasteiger partial charge in [0.15, 0.2) is 0 Å². The number of aromatic nitrogens is 4. The Hall–Kier alpha value is -3.09. The minimum Gasteiger partial charge on any atom is -0.469 e. The highest BCUT2D eigenvalue weighted by Gasteiger charge is 2.07. The second kappa shape index (κ2) is 10.3. The van der Waals surface area contributed by atoms with E-state index >= 15 is 0 Å². The highest BCUT2D eigenvalue weighted by Crippen LogP contribution is 2.20. The number of nitrogens with one attached hydrogen (secondary N) is 1. The van der Waals surface area contributed by atoms with Gasteiger partial charge >= 0.3 is 0 Å². The van der Waals surface area contributed by atoms with Crippen molar-refractivity contribution in [2.24, 2.45) is 0 Å².